The fourth-order valence-corrected chi connectivity index (χ4v) is 1.36. The molecule has 0 saturated carbocycles. The van der Waals surface area contributed by atoms with E-state index in [0.717, 1.165) is 5.56 Å². The molecule has 0 fully saturated rings. The number of aliphatic carboxylic acids is 1. The van der Waals surface area contributed by atoms with Gasteiger partial charge in [0.15, 0.2) is 0 Å². The van der Waals surface area contributed by atoms with Crippen LogP contribution < -0.4 is 5.73 Å². The van der Waals surface area contributed by atoms with E-state index in [1.54, 1.807) is 19.2 Å². The number of carbonyl (C=O) groups is 1. The van der Waals surface area contributed by atoms with Crippen LogP contribution in [0, 0.1) is 0 Å². The van der Waals surface area contributed by atoms with Crippen molar-refractivity contribution in [3.8, 4) is 5.75 Å². The van der Waals surface area contributed by atoms with Gasteiger partial charge in [-0.2, -0.15) is 0 Å². The lowest BCUT2D eigenvalue weighted by atomic mass is 10.0. The number of rotatable bonds is 5. The van der Waals surface area contributed by atoms with Crippen LogP contribution in [0.3, 0.4) is 0 Å². The summed E-state index contributed by atoms with van der Waals surface area (Å²) in [5.41, 5.74) is 6.55. The zero-order valence-electron chi connectivity index (χ0n) is 9.01. The van der Waals surface area contributed by atoms with E-state index in [9.17, 15) is 9.90 Å². The number of benzene rings is 1. The first-order valence-corrected chi connectivity index (χ1v) is 4.85. The lowest BCUT2D eigenvalue weighted by Gasteiger charge is -2.11. The zero-order chi connectivity index (χ0) is 12.1. The number of phenolic OH excluding ortho intramolecular Hbond substituents is 1. The van der Waals surface area contributed by atoms with E-state index in [1.807, 2.05) is 0 Å². The van der Waals surface area contributed by atoms with E-state index in [0.29, 0.717) is 13.0 Å². The van der Waals surface area contributed by atoms with E-state index < -0.39 is 12.0 Å². The van der Waals surface area contributed by atoms with Crippen LogP contribution >= 0.6 is 0 Å². The molecule has 1 atom stereocenters. The Morgan fingerprint density at radius 3 is 2.81 bits per heavy atom. The third kappa shape index (κ3) is 2.95. The van der Waals surface area contributed by atoms with Gasteiger partial charge < -0.3 is 20.7 Å². The van der Waals surface area contributed by atoms with Crippen LogP contribution in [0.4, 0.5) is 0 Å². The van der Waals surface area contributed by atoms with Crippen molar-refractivity contribution in [3.05, 3.63) is 29.3 Å². The zero-order valence-corrected chi connectivity index (χ0v) is 9.01. The summed E-state index contributed by atoms with van der Waals surface area (Å²) < 4.78 is 4.91. The average Bonchev–Trinajstić information content (AvgIpc) is 2.27. The van der Waals surface area contributed by atoms with Gasteiger partial charge in [0.2, 0.25) is 0 Å². The third-order valence-corrected chi connectivity index (χ3v) is 2.29. The molecule has 88 valence electrons. The number of phenols is 1. The van der Waals surface area contributed by atoms with Crippen LogP contribution in [0.1, 0.15) is 17.2 Å². The lowest BCUT2D eigenvalue weighted by molar-refractivity contribution is -0.138. The minimum absolute atomic E-state index is 0.101. The molecule has 5 heteroatoms. The van der Waals surface area contributed by atoms with Crippen molar-refractivity contribution in [1.29, 1.82) is 0 Å². The van der Waals surface area contributed by atoms with Gasteiger partial charge in [0.1, 0.15) is 11.8 Å². The van der Waals surface area contributed by atoms with E-state index in [1.165, 1.54) is 6.07 Å². The van der Waals surface area contributed by atoms with Gasteiger partial charge in [-0.3, -0.25) is 4.79 Å². The summed E-state index contributed by atoms with van der Waals surface area (Å²) in [6.45, 7) is 0.534. The number of methoxy groups -OCH3 is 1. The molecule has 0 heterocycles. The number of carboxylic acids is 1. The summed E-state index contributed by atoms with van der Waals surface area (Å²) in [6, 6.07) is 3.55. The summed E-state index contributed by atoms with van der Waals surface area (Å²) in [6.07, 6.45) is 0.649. The highest BCUT2D eigenvalue weighted by Crippen LogP contribution is 2.24. The van der Waals surface area contributed by atoms with Crippen molar-refractivity contribution < 1.29 is 19.7 Å². The Morgan fingerprint density at radius 1 is 1.56 bits per heavy atom. The Hall–Kier alpha value is -1.59. The second-order valence-corrected chi connectivity index (χ2v) is 3.45. The van der Waals surface area contributed by atoms with Gasteiger partial charge in [-0.25, -0.2) is 0 Å². The third-order valence-electron chi connectivity index (χ3n) is 2.29. The van der Waals surface area contributed by atoms with Crippen LogP contribution in [-0.2, 0) is 16.0 Å². The van der Waals surface area contributed by atoms with Crippen molar-refractivity contribution in [3.63, 3.8) is 0 Å². The van der Waals surface area contributed by atoms with Crippen LogP contribution in [0.2, 0.25) is 0 Å². The van der Waals surface area contributed by atoms with Gasteiger partial charge in [0.05, 0.1) is 6.61 Å². The monoisotopic (exact) mass is 225 g/mol. The maximum absolute atomic E-state index is 10.7. The number of hydrogen-bond donors (Lipinski definition) is 3. The second-order valence-electron chi connectivity index (χ2n) is 3.45. The normalized spacial score (nSPS) is 12.4. The molecule has 0 bridgehead atoms. The Bertz CT molecular complexity index is 378. The molecule has 0 spiro atoms. The summed E-state index contributed by atoms with van der Waals surface area (Å²) in [7, 11) is 1.59. The Morgan fingerprint density at radius 2 is 2.25 bits per heavy atom. The molecule has 0 radical (unpaired) electrons. The van der Waals surface area contributed by atoms with Gasteiger partial charge in [-0.1, -0.05) is 6.07 Å². The smallest absolute Gasteiger partial charge is 0.325 e. The van der Waals surface area contributed by atoms with E-state index >= 15 is 0 Å². The van der Waals surface area contributed by atoms with Crippen molar-refractivity contribution in [1.82, 2.24) is 0 Å². The summed E-state index contributed by atoms with van der Waals surface area (Å²) in [5, 5.41) is 18.3. The van der Waals surface area contributed by atoms with Gasteiger partial charge in [-0.05, 0) is 24.1 Å². The minimum atomic E-state index is -1.21. The summed E-state index contributed by atoms with van der Waals surface area (Å²) in [5.74, 6) is -1.27. The first-order valence-electron chi connectivity index (χ1n) is 4.85. The second kappa shape index (κ2) is 5.48. The number of ether oxygens (including phenoxy) is 1. The maximum Gasteiger partial charge on any atom is 0.325 e. The molecule has 1 aromatic carbocycles. The van der Waals surface area contributed by atoms with Crippen LogP contribution in [0.25, 0.3) is 0 Å². The fraction of sp³-hybridized carbons (Fsp3) is 0.364. The molecular weight excluding hydrogens is 210 g/mol. The molecule has 1 aromatic rings. The van der Waals surface area contributed by atoms with Crippen LogP contribution in [0.5, 0.6) is 5.75 Å². The Balaban J connectivity index is 2.94. The number of nitrogens with two attached hydrogens (primary N) is 1. The van der Waals surface area contributed by atoms with E-state index in [2.05, 4.69) is 0 Å². The van der Waals surface area contributed by atoms with E-state index in [4.69, 9.17) is 15.6 Å². The van der Waals surface area contributed by atoms with Crippen molar-refractivity contribution in [2.45, 2.75) is 12.5 Å². The molecular formula is C11H15NO4. The molecule has 1 rings (SSSR count). The highest BCUT2D eigenvalue weighted by atomic mass is 16.5. The van der Waals surface area contributed by atoms with E-state index in [-0.39, 0.29) is 11.3 Å². The van der Waals surface area contributed by atoms with Gasteiger partial charge in [-0.15, -0.1) is 0 Å². The summed E-state index contributed by atoms with van der Waals surface area (Å²) >= 11 is 0. The first-order chi connectivity index (χ1) is 7.56. The Kier molecular flexibility index (Phi) is 4.28. The fourth-order valence-electron chi connectivity index (χ4n) is 1.36. The number of aromatic hydroxyl groups is 1. The highest BCUT2D eigenvalue weighted by Gasteiger charge is 2.18. The molecule has 0 saturated heterocycles. The van der Waals surface area contributed by atoms with Gasteiger partial charge in [0, 0.05) is 12.7 Å². The molecule has 16 heavy (non-hydrogen) atoms. The lowest BCUT2D eigenvalue weighted by Crippen LogP contribution is -2.20. The number of carboxylic acid groups (broad SMARTS) is 1. The molecule has 0 aliphatic carbocycles. The Labute approximate surface area is 93.5 Å². The van der Waals surface area contributed by atoms with Gasteiger partial charge >= 0.3 is 5.97 Å². The quantitative estimate of drug-likeness (QED) is 0.684. The highest BCUT2D eigenvalue weighted by molar-refractivity contribution is 5.76. The molecule has 5 nitrogen and oxygen atoms in total. The SMILES string of the molecule is COCCc1ccc(O)c([C@H](N)C(=O)O)c1. The van der Waals surface area contributed by atoms with Crippen LogP contribution in [0.15, 0.2) is 18.2 Å². The molecule has 0 amide bonds. The summed E-state index contributed by atoms with van der Waals surface area (Å²) in [4.78, 5) is 10.7. The molecule has 0 aliphatic rings. The number of hydrogen-bond acceptors (Lipinski definition) is 4. The average molecular weight is 225 g/mol. The largest absolute Gasteiger partial charge is 0.508 e. The topological polar surface area (TPSA) is 92.8 Å². The maximum atomic E-state index is 10.7. The predicted octanol–water partition coefficient (Wildman–Crippen LogP) is 0.665. The predicted molar refractivity (Wildman–Crippen MR) is 58.3 cm³/mol. The molecule has 0 aliphatic heterocycles. The molecule has 0 unspecified atom stereocenters. The van der Waals surface area contributed by atoms with Gasteiger partial charge in [0.25, 0.3) is 0 Å². The standard InChI is InChI=1S/C11H15NO4/c1-16-5-4-7-2-3-9(13)8(6-7)10(12)11(14)15/h2-3,6,10,13H,4-5,12H2,1H3,(H,14,15)/t10-/m0/s1. The molecule has 4 N–H and O–H groups in total. The first kappa shape index (κ1) is 12.5. The van der Waals surface area contributed by atoms with Crippen molar-refractivity contribution >= 4 is 5.97 Å². The van der Waals surface area contributed by atoms with Crippen molar-refractivity contribution in [2.24, 2.45) is 5.73 Å². The minimum Gasteiger partial charge on any atom is -0.508 e. The van der Waals surface area contributed by atoms with Crippen LogP contribution in [-0.4, -0.2) is 29.9 Å². The van der Waals surface area contributed by atoms with Crippen molar-refractivity contribution in [2.75, 3.05) is 13.7 Å². The molecule has 0 aromatic heterocycles.